The predicted molar refractivity (Wildman–Crippen MR) is 137 cm³/mol. The lowest BCUT2D eigenvalue weighted by molar-refractivity contribution is -0.114. The summed E-state index contributed by atoms with van der Waals surface area (Å²) < 4.78 is 21.8. The Balaban J connectivity index is 1.11. The van der Waals surface area contributed by atoms with Crippen LogP contribution in [0.15, 0.2) is 36.5 Å². The van der Waals surface area contributed by atoms with Gasteiger partial charge in [-0.15, -0.1) is 5.10 Å². The van der Waals surface area contributed by atoms with Gasteiger partial charge in [0.25, 0.3) is 0 Å². The predicted octanol–water partition coefficient (Wildman–Crippen LogP) is 3.65. The highest BCUT2D eigenvalue weighted by Crippen LogP contribution is 2.58. The molecule has 1 spiro atoms. The lowest BCUT2D eigenvalue weighted by atomic mass is 9.53. The maximum absolute atomic E-state index is 13.8. The zero-order valence-electron chi connectivity index (χ0n) is 21.1. The Bertz CT molecular complexity index is 1320. The fourth-order valence-electron chi connectivity index (χ4n) is 6.78. The van der Waals surface area contributed by atoms with Gasteiger partial charge >= 0.3 is 0 Å². The second-order valence-electron chi connectivity index (χ2n) is 11.9. The highest BCUT2D eigenvalue weighted by Gasteiger charge is 2.55. The van der Waals surface area contributed by atoms with E-state index in [2.05, 4.69) is 35.5 Å². The average Bonchev–Trinajstić information content (AvgIpc) is 3.35. The summed E-state index contributed by atoms with van der Waals surface area (Å²) in [5.41, 5.74) is 10.3. The van der Waals surface area contributed by atoms with E-state index in [4.69, 9.17) is 20.6 Å². The third-order valence-corrected chi connectivity index (χ3v) is 9.60. The first-order valence-corrected chi connectivity index (χ1v) is 13.3. The number of anilines is 1. The molecule has 3 N–H and O–H groups in total. The normalized spacial score (nSPS) is 29.6. The molecule has 3 aliphatic carbocycles. The summed E-state index contributed by atoms with van der Waals surface area (Å²) in [7, 11) is 1.76. The number of halogens is 1. The first-order chi connectivity index (χ1) is 17.3. The van der Waals surface area contributed by atoms with Crippen LogP contribution in [-0.2, 0) is 10.3 Å². The second-order valence-corrected chi connectivity index (χ2v) is 11.9. The van der Waals surface area contributed by atoms with Crippen LogP contribution in [0, 0.1) is 18.2 Å². The van der Waals surface area contributed by atoms with Gasteiger partial charge in [0.2, 0.25) is 0 Å². The molecule has 1 saturated heterocycles. The molecule has 3 saturated carbocycles. The Kier molecular flexibility index (Phi) is 4.86. The van der Waals surface area contributed by atoms with Crippen LogP contribution >= 0.6 is 0 Å². The standard InChI is InChI=1S/C28H35FN6O/c1-18-12-21(34-16-26(17-34)8-6-22(26)19-4-3-5-20(29)13-19)14-35-24(18)32-25(33-35)28(36-2)9-7-23(28)31-15-27(30)10-11-27/h3-5,12-14,22-23,31H,6-11,15-17,30H2,1-2H3. The van der Waals surface area contributed by atoms with E-state index in [0.29, 0.717) is 5.92 Å². The van der Waals surface area contributed by atoms with Crippen molar-refractivity contribution >= 4 is 11.3 Å². The van der Waals surface area contributed by atoms with Crippen molar-refractivity contribution in [2.45, 2.75) is 68.5 Å². The molecule has 36 heavy (non-hydrogen) atoms. The number of aryl methyl sites for hydroxylation is 1. The molecule has 7 rings (SSSR count). The van der Waals surface area contributed by atoms with Crippen molar-refractivity contribution in [2.75, 3.05) is 31.6 Å². The average molecular weight is 491 g/mol. The van der Waals surface area contributed by atoms with E-state index < -0.39 is 5.60 Å². The summed E-state index contributed by atoms with van der Waals surface area (Å²) in [6.45, 7) is 4.91. The lowest BCUT2D eigenvalue weighted by Gasteiger charge is -2.61. The van der Waals surface area contributed by atoms with E-state index in [-0.39, 0.29) is 22.8 Å². The highest BCUT2D eigenvalue weighted by molar-refractivity contribution is 5.59. The molecule has 3 heterocycles. The molecule has 1 aromatic carbocycles. The molecule has 0 amide bonds. The zero-order valence-corrected chi connectivity index (χ0v) is 21.1. The van der Waals surface area contributed by atoms with Gasteiger partial charge in [-0.3, -0.25) is 0 Å². The first kappa shape index (κ1) is 22.6. The Morgan fingerprint density at radius 2 is 2.00 bits per heavy atom. The Morgan fingerprint density at radius 1 is 1.17 bits per heavy atom. The highest BCUT2D eigenvalue weighted by atomic mass is 19.1. The van der Waals surface area contributed by atoms with E-state index in [1.165, 1.54) is 18.2 Å². The minimum absolute atomic E-state index is 0.0460. The first-order valence-electron chi connectivity index (χ1n) is 13.3. The van der Waals surface area contributed by atoms with Crippen molar-refractivity contribution in [1.29, 1.82) is 0 Å². The van der Waals surface area contributed by atoms with Crippen LogP contribution in [0.2, 0.25) is 0 Å². The molecule has 4 fully saturated rings. The molecule has 3 aromatic rings. The van der Waals surface area contributed by atoms with Gasteiger partial charge in [-0.05, 0) is 80.7 Å². The van der Waals surface area contributed by atoms with Gasteiger partial charge in [0.1, 0.15) is 11.4 Å². The van der Waals surface area contributed by atoms with Crippen LogP contribution in [0.3, 0.4) is 0 Å². The van der Waals surface area contributed by atoms with Crippen LogP contribution < -0.4 is 16.0 Å². The lowest BCUT2D eigenvalue weighted by Crippen LogP contribution is -2.63. The minimum Gasteiger partial charge on any atom is -0.369 e. The molecule has 0 radical (unpaired) electrons. The van der Waals surface area contributed by atoms with Gasteiger partial charge in [-0.2, -0.15) is 0 Å². The summed E-state index contributed by atoms with van der Waals surface area (Å²) >= 11 is 0. The van der Waals surface area contributed by atoms with Crippen LogP contribution in [0.1, 0.15) is 61.4 Å². The van der Waals surface area contributed by atoms with Gasteiger partial charge in [0, 0.05) is 43.7 Å². The number of pyridine rings is 1. The van der Waals surface area contributed by atoms with E-state index in [1.54, 1.807) is 13.2 Å². The summed E-state index contributed by atoms with van der Waals surface area (Å²) in [6.07, 6.45) is 8.55. The van der Waals surface area contributed by atoms with Crippen molar-refractivity contribution in [1.82, 2.24) is 19.9 Å². The SMILES string of the molecule is COC1(c2nc3c(C)cc(N4CC5(CCC5c5cccc(F)c5)C4)cn3n2)CCC1NCC1(N)CC1. The van der Waals surface area contributed by atoms with E-state index in [9.17, 15) is 4.39 Å². The minimum atomic E-state index is -0.505. The van der Waals surface area contributed by atoms with Crippen LogP contribution in [0.25, 0.3) is 5.65 Å². The third-order valence-electron chi connectivity index (χ3n) is 9.60. The quantitative estimate of drug-likeness (QED) is 0.526. The Morgan fingerprint density at radius 3 is 2.64 bits per heavy atom. The number of methoxy groups -OCH3 is 1. The van der Waals surface area contributed by atoms with Gasteiger partial charge in [-0.1, -0.05) is 12.1 Å². The maximum Gasteiger partial charge on any atom is 0.185 e. The molecule has 190 valence electrons. The molecule has 7 nitrogen and oxygen atoms in total. The Hall–Kier alpha value is -2.55. The fourth-order valence-corrected chi connectivity index (χ4v) is 6.78. The largest absolute Gasteiger partial charge is 0.369 e. The number of ether oxygens (including phenoxy) is 1. The van der Waals surface area contributed by atoms with Crippen LogP contribution in [-0.4, -0.2) is 52.9 Å². The second kappa shape index (κ2) is 7.73. The Labute approximate surface area is 211 Å². The molecule has 3 unspecified atom stereocenters. The summed E-state index contributed by atoms with van der Waals surface area (Å²) in [6, 6.07) is 9.56. The van der Waals surface area contributed by atoms with Crippen molar-refractivity contribution in [3.8, 4) is 0 Å². The van der Waals surface area contributed by atoms with Crippen molar-refractivity contribution in [2.24, 2.45) is 11.1 Å². The van der Waals surface area contributed by atoms with Crippen LogP contribution in [0.5, 0.6) is 0 Å². The third kappa shape index (κ3) is 3.34. The number of nitrogens with two attached hydrogens (primary N) is 1. The van der Waals surface area contributed by atoms with Gasteiger partial charge in [0.05, 0.1) is 11.9 Å². The van der Waals surface area contributed by atoms with Crippen LogP contribution in [0.4, 0.5) is 10.1 Å². The number of aromatic nitrogens is 3. The number of rotatable bonds is 7. The summed E-state index contributed by atoms with van der Waals surface area (Å²) in [5, 5.41) is 8.57. The monoisotopic (exact) mass is 490 g/mol. The van der Waals surface area contributed by atoms with Gasteiger partial charge in [0.15, 0.2) is 11.5 Å². The summed E-state index contributed by atoms with van der Waals surface area (Å²) in [5.74, 6) is 1.06. The maximum atomic E-state index is 13.8. The molecule has 8 heteroatoms. The number of hydrogen-bond donors (Lipinski definition) is 2. The number of benzene rings is 1. The zero-order chi connectivity index (χ0) is 24.7. The van der Waals surface area contributed by atoms with E-state index in [1.807, 2.05) is 10.6 Å². The topological polar surface area (TPSA) is 80.7 Å². The van der Waals surface area contributed by atoms with Crippen molar-refractivity contribution in [3.63, 3.8) is 0 Å². The molecule has 1 aliphatic heterocycles. The van der Waals surface area contributed by atoms with Gasteiger partial charge in [-0.25, -0.2) is 13.9 Å². The molecular formula is C28H35FN6O. The van der Waals surface area contributed by atoms with Gasteiger partial charge < -0.3 is 20.7 Å². The summed E-state index contributed by atoms with van der Waals surface area (Å²) in [4.78, 5) is 7.38. The van der Waals surface area contributed by atoms with E-state index >= 15 is 0 Å². The van der Waals surface area contributed by atoms with E-state index in [0.717, 1.165) is 74.3 Å². The number of nitrogens with one attached hydrogen (secondary N) is 1. The smallest absolute Gasteiger partial charge is 0.185 e. The number of hydrogen-bond acceptors (Lipinski definition) is 6. The fraction of sp³-hybridized carbons (Fsp3) is 0.571. The molecule has 0 bridgehead atoms. The molecule has 2 aromatic heterocycles. The molecular weight excluding hydrogens is 455 g/mol. The van der Waals surface area contributed by atoms with Crippen molar-refractivity contribution in [3.05, 3.63) is 59.3 Å². The number of fused-ring (bicyclic) bond motifs is 1. The molecule has 3 atom stereocenters. The number of nitrogens with zero attached hydrogens (tertiary/aromatic N) is 4. The van der Waals surface area contributed by atoms with Crippen molar-refractivity contribution < 1.29 is 9.13 Å². The molecule has 4 aliphatic rings.